The van der Waals surface area contributed by atoms with Crippen molar-refractivity contribution in [3.8, 4) is 0 Å². The maximum Gasteiger partial charge on any atom is 0.186 e. The third-order valence-electron chi connectivity index (χ3n) is 9.39. The molecule has 0 aromatic heterocycles. The monoisotopic (exact) mass is 706 g/mol. The van der Waals surface area contributed by atoms with Gasteiger partial charge in [-0.1, -0.05) is 134 Å². The first-order valence-corrected chi connectivity index (χ1v) is 18.1. The molecule has 7 atom stereocenters. The maximum atomic E-state index is 10.8. The zero-order chi connectivity index (χ0) is 36.0. The van der Waals surface area contributed by atoms with Crippen LogP contribution < -0.4 is 0 Å². The zero-order valence-electron chi connectivity index (χ0n) is 30.0. The van der Waals surface area contributed by atoms with Crippen LogP contribution in [-0.2, 0) is 59.6 Å². The van der Waals surface area contributed by atoms with Crippen molar-refractivity contribution in [2.75, 3.05) is 20.3 Å². The minimum absolute atomic E-state index is 0.0931. The molecule has 4 unspecified atom stereocenters. The second-order valence-electron chi connectivity index (χ2n) is 13.1. The summed E-state index contributed by atoms with van der Waals surface area (Å²) in [7, 11) is 1.56. The molecule has 0 bridgehead atoms. The molecule has 5 aromatic carbocycles. The van der Waals surface area contributed by atoms with Gasteiger partial charge >= 0.3 is 0 Å². The van der Waals surface area contributed by atoms with E-state index in [1.165, 1.54) is 5.39 Å². The lowest BCUT2D eigenvalue weighted by Gasteiger charge is -2.34. The van der Waals surface area contributed by atoms with Crippen LogP contribution in [0.5, 0.6) is 0 Å². The number of hydrogen-bond donors (Lipinski definition) is 1. The van der Waals surface area contributed by atoms with Gasteiger partial charge in [0.2, 0.25) is 0 Å². The molecule has 1 aliphatic heterocycles. The Morgan fingerprint density at radius 3 is 1.71 bits per heavy atom. The lowest BCUT2D eigenvalue weighted by Crippen LogP contribution is -2.48. The van der Waals surface area contributed by atoms with Crippen molar-refractivity contribution in [2.45, 2.75) is 82.7 Å². The molecule has 0 radical (unpaired) electrons. The minimum Gasteiger partial charge on any atom is -0.387 e. The molecule has 0 aliphatic carbocycles. The smallest absolute Gasteiger partial charge is 0.186 e. The highest BCUT2D eigenvalue weighted by molar-refractivity contribution is 5.82. The zero-order valence-corrected chi connectivity index (χ0v) is 30.0. The first-order valence-electron chi connectivity index (χ1n) is 18.1. The second kappa shape index (κ2) is 19.8. The molecular weight excluding hydrogens is 656 g/mol. The van der Waals surface area contributed by atoms with Crippen LogP contribution in [0.4, 0.5) is 0 Å². The van der Waals surface area contributed by atoms with Gasteiger partial charge in [0.25, 0.3) is 0 Å². The van der Waals surface area contributed by atoms with E-state index in [1.807, 2.05) is 110 Å². The van der Waals surface area contributed by atoms with Crippen LogP contribution in [0.3, 0.4) is 0 Å². The SMILES string of the molecule is CC[C@H]1O[C@@H](OCC(OCc2ccccc2)C(OCc2ccccc2)C(COCc2ccc3ccccc3c2)OCc2ccccc2)[C@@H](OC)C1O. The molecule has 1 N–H and O–H groups in total. The predicted octanol–water partition coefficient (Wildman–Crippen LogP) is 7.64. The van der Waals surface area contributed by atoms with Crippen molar-refractivity contribution in [1.29, 1.82) is 0 Å². The van der Waals surface area contributed by atoms with Crippen LogP contribution >= 0.6 is 0 Å². The molecule has 6 rings (SSSR count). The Morgan fingerprint density at radius 1 is 0.596 bits per heavy atom. The van der Waals surface area contributed by atoms with Crippen LogP contribution in [0.25, 0.3) is 10.8 Å². The quantitative estimate of drug-likeness (QED) is 0.0885. The molecule has 52 heavy (non-hydrogen) atoms. The normalized spacial score (nSPS) is 20.5. The fourth-order valence-electron chi connectivity index (χ4n) is 6.49. The highest BCUT2D eigenvalue weighted by Gasteiger charge is 2.45. The molecule has 1 fully saturated rings. The lowest BCUT2D eigenvalue weighted by molar-refractivity contribution is -0.219. The summed E-state index contributed by atoms with van der Waals surface area (Å²) in [4.78, 5) is 0. The van der Waals surface area contributed by atoms with Crippen molar-refractivity contribution >= 4 is 10.8 Å². The van der Waals surface area contributed by atoms with Crippen LogP contribution in [0, 0.1) is 0 Å². The Labute approximate surface area is 307 Å². The third kappa shape index (κ3) is 10.6. The Morgan fingerprint density at radius 2 is 1.13 bits per heavy atom. The second-order valence-corrected chi connectivity index (χ2v) is 13.1. The molecule has 0 spiro atoms. The van der Waals surface area contributed by atoms with Crippen LogP contribution in [0.15, 0.2) is 133 Å². The average Bonchev–Trinajstić information content (AvgIpc) is 3.51. The van der Waals surface area contributed by atoms with E-state index >= 15 is 0 Å². The van der Waals surface area contributed by atoms with Gasteiger partial charge in [-0.05, 0) is 45.5 Å². The molecule has 0 amide bonds. The number of ether oxygens (including phenoxy) is 7. The molecule has 1 heterocycles. The van der Waals surface area contributed by atoms with E-state index < -0.39 is 42.9 Å². The molecule has 1 aliphatic rings. The lowest BCUT2D eigenvalue weighted by atomic mass is 10.1. The highest BCUT2D eigenvalue weighted by atomic mass is 16.7. The van der Waals surface area contributed by atoms with Crippen molar-refractivity contribution in [1.82, 2.24) is 0 Å². The molecule has 8 nitrogen and oxygen atoms in total. The van der Waals surface area contributed by atoms with Gasteiger partial charge in [-0.3, -0.25) is 0 Å². The molecule has 0 saturated carbocycles. The number of methoxy groups -OCH3 is 1. The van der Waals surface area contributed by atoms with Gasteiger partial charge < -0.3 is 38.3 Å². The summed E-state index contributed by atoms with van der Waals surface area (Å²) in [6.45, 7) is 3.69. The van der Waals surface area contributed by atoms with E-state index in [2.05, 4.69) is 30.3 Å². The summed E-state index contributed by atoms with van der Waals surface area (Å²) in [5.41, 5.74) is 4.12. The van der Waals surface area contributed by atoms with Gasteiger partial charge in [0.1, 0.15) is 30.5 Å². The predicted molar refractivity (Wildman–Crippen MR) is 200 cm³/mol. The maximum absolute atomic E-state index is 10.8. The van der Waals surface area contributed by atoms with E-state index in [-0.39, 0.29) is 13.2 Å². The van der Waals surface area contributed by atoms with E-state index in [4.69, 9.17) is 33.2 Å². The standard InChI is InChI=1S/C44H50O8/c1-3-38-41(45)43(46-2)44(52-38)51-31-40(49-28-33-17-9-5-10-18-33)42(50-29-34-19-11-6-12-20-34)39(48-27-32-15-7-4-8-16-32)30-47-26-35-23-24-36-21-13-14-22-37(36)25-35/h4-25,38-45H,3,26-31H2,1-2H3/t38-,39?,40?,41?,42?,43+,44-/m1/s1. The molecule has 1 saturated heterocycles. The number of rotatable bonds is 20. The van der Waals surface area contributed by atoms with Crippen LogP contribution in [-0.4, -0.2) is 68.3 Å². The van der Waals surface area contributed by atoms with Gasteiger partial charge in [-0.25, -0.2) is 0 Å². The van der Waals surface area contributed by atoms with E-state index in [0.29, 0.717) is 32.8 Å². The summed E-state index contributed by atoms with van der Waals surface area (Å²) in [5, 5.41) is 13.2. The Bertz CT molecular complexity index is 1740. The van der Waals surface area contributed by atoms with E-state index in [9.17, 15) is 5.11 Å². The molecule has 274 valence electrons. The Balaban J connectivity index is 1.27. The largest absolute Gasteiger partial charge is 0.387 e. The summed E-state index contributed by atoms with van der Waals surface area (Å²) < 4.78 is 44.8. The van der Waals surface area contributed by atoms with Gasteiger partial charge in [0, 0.05) is 7.11 Å². The fourth-order valence-corrected chi connectivity index (χ4v) is 6.49. The first-order chi connectivity index (χ1) is 25.6. The van der Waals surface area contributed by atoms with Crippen molar-refractivity contribution in [3.05, 3.63) is 156 Å². The average molecular weight is 707 g/mol. The number of hydrogen-bond acceptors (Lipinski definition) is 8. The minimum atomic E-state index is -0.806. The summed E-state index contributed by atoms with van der Waals surface area (Å²) in [6, 6.07) is 44.8. The number of benzene rings is 5. The third-order valence-corrected chi connectivity index (χ3v) is 9.39. The van der Waals surface area contributed by atoms with Crippen molar-refractivity contribution < 1.29 is 38.3 Å². The van der Waals surface area contributed by atoms with Gasteiger partial charge in [-0.2, -0.15) is 0 Å². The topological polar surface area (TPSA) is 84.8 Å². The van der Waals surface area contributed by atoms with Gasteiger partial charge in [0.15, 0.2) is 6.29 Å². The number of aliphatic hydroxyl groups excluding tert-OH is 1. The van der Waals surface area contributed by atoms with Crippen molar-refractivity contribution in [3.63, 3.8) is 0 Å². The summed E-state index contributed by atoms with van der Waals surface area (Å²) >= 11 is 0. The summed E-state index contributed by atoms with van der Waals surface area (Å²) in [5.74, 6) is 0. The highest BCUT2D eigenvalue weighted by Crippen LogP contribution is 2.28. The number of aliphatic hydroxyl groups is 1. The molecular formula is C44H50O8. The first kappa shape index (κ1) is 37.8. The molecule has 5 aromatic rings. The fraction of sp³-hybridized carbons (Fsp3) is 0.364. The number of fused-ring (bicyclic) bond motifs is 1. The van der Waals surface area contributed by atoms with E-state index in [1.54, 1.807) is 7.11 Å². The Hall–Kier alpha value is -3.96. The van der Waals surface area contributed by atoms with Gasteiger partial charge in [0.05, 0.1) is 45.7 Å². The van der Waals surface area contributed by atoms with Crippen LogP contribution in [0.1, 0.15) is 35.6 Å². The van der Waals surface area contributed by atoms with Gasteiger partial charge in [-0.15, -0.1) is 0 Å². The molecule has 8 heteroatoms. The van der Waals surface area contributed by atoms with Crippen molar-refractivity contribution in [2.24, 2.45) is 0 Å². The van der Waals surface area contributed by atoms with E-state index in [0.717, 1.165) is 27.6 Å². The summed E-state index contributed by atoms with van der Waals surface area (Å²) in [6.07, 6.45) is -3.79. The van der Waals surface area contributed by atoms with Crippen LogP contribution in [0.2, 0.25) is 0 Å². The Kier molecular flexibility index (Phi) is 14.4.